The van der Waals surface area contributed by atoms with Crippen LogP contribution in [0.1, 0.15) is 32.4 Å². The first kappa shape index (κ1) is 12.0. The molecule has 1 aromatic carbocycles. The van der Waals surface area contributed by atoms with E-state index in [-0.39, 0.29) is 11.5 Å². The predicted octanol–water partition coefficient (Wildman–Crippen LogP) is 4.15. The Labute approximate surface area is 98.8 Å². The molecule has 78 valence electrons. The van der Waals surface area contributed by atoms with E-state index >= 15 is 0 Å². The highest BCUT2D eigenvalue weighted by atomic mass is 79.9. The maximum Gasteiger partial charge on any atom is 0.0465 e. The molecule has 0 bridgehead atoms. The van der Waals surface area contributed by atoms with E-state index in [1.807, 2.05) is 18.2 Å². The zero-order chi connectivity index (χ0) is 10.9. The Bertz CT molecular complexity index is 310. The van der Waals surface area contributed by atoms with Gasteiger partial charge < -0.3 is 5.73 Å². The van der Waals surface area contributed by atoms with Gasteiger partial charge in [0, 0.05) is 21.1 Å². The summed E-state index contributed by atoms with van der Waals surface area (Å²) >= 11 is 9.60. The number of rotatable bonds is 1. The third-order valence-electron chi connectivity index (χ3n) is 2.24. The normalized spacial score (nSPS) is 14.1. The van der Waals surface area contributed by atoms with E-state index in [1.54, 1.807) is 0 Å². The van der Waals surface area contributed by atoms with Crippen molar-refractivity contribution in [1.82, 2.24) is 0 Å². The van der Waals surface area contributed by atoms with Gasteiger partial charge in [-0.25, -0.2) is 0 Å². The molecule has 0 radical (unpaired) electrons. The first-order valence-electron chi connectivity index (χ1n) is 4.53. The van der Waals surface area contributed by atoms with Gasteiger partial charge in [0.2, 0.25) is 0 Å². The van der Waals surface area contributed by atoms with Crippen molar-refractivity contribution in [2.24, 2.45) is 11.1 Å². The molecule has 3 heteroatoms. The van der Waals surface area contributed by atoms with Gasteiger partial charge in [0.05, 0.1) is 0 Å². The Morgan fingerprint density at radius 2 is 1.93 bits per heavy atom. The van der Waals surface area contributed by atoms with E-state index in [9.17, 15) is 0 Å². The molecule has 2 N–H and O–H groups in total. The summed E-state index contributed by atoms with van der Waals surface area (Å²) in [6.45, 7) is 6.31. The third kappa shape index (κ3) is 2.50. The van der Waals surface area contributed by atoms with Crippen molar-refractivity contribution in [3.05, 3.63) is 33.3 Å². The number of benzene rings is 1. The zero-order valence-corrected chi connectivity index (χ0v) is 11.0. The van der Waals surface area contributed by atoms with Crippen LogP contribution in [0.2, 0.25) is 5.02 Å². The van der Waals surface area contributed by atoms with Crippen LogP contribution in [0.3, 0.4) is 0 Å². The molecular weight excluding hydrogens is 261 g/mol. The van der Waals surface area contributed by atoms with Crippen molar-refractivity contribution < 1.29 is 0 Å². The fraction of sp³-hybridized carbons (Fsp3) is 0.455. The summed E-state index contributed by atoms with van der Waals surface area (Å²) in [5.74, 6) is 0. The van der Waals surface area contributed by atoms with Gasteiger partial charge in [0.25, 0.3) is 0 Å². The SMILES string of the molecule is CC(C)(C)[C@@H](N)c1c(Cl)cccc1Br. The van der Waals surface area contributed by atoms with Crippen molar-refractivity contribution in [3.63, 3.8) is 0 Å². The molecule has 14 heavy (non-hydrogen) atoms. The Balaban J connectivity index is 3.19. The molecule has 1 aromatic rings. The zero-order valence-electron chi connectivity index (χ0n) is 8.64. The Kier molecular flexibility index (Phi) is 3.62. The molecule has 0 amide bonds. The molecule has 0 heterocycles. The van der Waals surface area contributed by atoms with Crippen molar-refractivity contribution >= 4 is 27.5 Å². The summed E-state index contributed by atoms with van der Waals surface area (Å²) < 4.78 is 0.979. The summed E-state index contributed by atoms with van der Waals surface area (Å²) in [6.07, 6.45) is 0. The average molecular weight is 277 g/mol. The first-order chi connectivity index (χ1) is 6.34. The van der Waals surface area contributed by atoms with Crippen LogP contribution in [0.25, 0.3) is 0 Å². The van der Waals surface area contributed by atoms with E-state index in [2.05, 4.69) is 36.7 Å². The monoisotopic (exact) mass is 275 g/mol. The lowest BCUT2D eigenvalue weighted by Gasteiger charge is -2.28. The number of nitrogens with two attached hydrogens (primary N) is 1. The maximum absolute atomic E-state index is 6.16. The van der Waals surface area contributed by atoms with Crippen molar-refractivity contribution in [2.75, 3.05) is 0 Å². The van der Waals surface area contributed by atoms with Crippen LogP contribution in [0.5, 0.6) is 0 Å². The Morgan fingerprint density at radius 1 is 1.36 bits per heavy atom. The average Bonchev–Trinajstić information content (AvgIpc) is 2.01. The van der Waals surface area contributed by atoms with Crippen molar-refractivity contribution in [2.45, 2.75) is 26.8 Å². The number of hydrogen-bond acceptors (Lipinski definition) is 1. The van der Waals surface area contributed by atoms with Crippen LogP contribution in [0.4, 0.5) is 0 Å². The van der Waals surface area contributed by atoms with Crippen LogP contribution < -0.4 is 5.73 Å². The second-order valence-electron chi connectivity index (χ2n) is 4.48. The molecule has 1 atom stereocenters. The first-order valence-corrected chi connectivity index (χ1v) is 5.70. The molecule has 1 nitrogen and oxygen atoms in total. The molecule has 0 saturated carbocycles. The number of hydrogen-bond donors (Lipinski definition) is 1. The van der Waals surface area contributed by atoms with Gasteiger partial charge in [-0.1, -0.05) is 54.4 Å². The molecule has 0 aromatic heterocycles. The molecule has 0 spiro atoms. The van der Waals surface area contributed by atoms with Gasteiger partial charge in [-0.15, -0.1) is 0 Å². The summed E-state index contributed by atoms with van der Waals surface area (Å²) in [7, 11) is 0. The Hall–Kier alpha value is -0.0500. The van der Waals surface area contributed by atoms with Crippen LogP contribution >= 0.6 is 27.5 Å². The summed E-state index contributed by atoms with van der Waals surface area (Å²) in [5, 5.41) is 0.724. The highest BCUT2D eigenvalue weighted by Gasteiger charge is 2.25. The largest absolute Gasteiger partial charge is 0.323 e. The minimum absolute atomic E-state index is 0.00745. The van der Waals surface area contributed by atoms with Crippen LogP contribution in [-0.2, 0) is 0 Å². The fourth-order valence-corrected chi connectivity index (χ4v) is 2.26. The van der Waals surface area contributed by atoms with Gasteiger partial charge in [-0.3, -0.25) is 0 Å². The minimum Gasteiger partial charge on any atom is -0.323 e. The van der Waals surface area contributed by atoms with Gasteiger partial charge >= 0.3 is 0 Å². The van der Waals surface area contributed by atoms with Gasteiger partial charge in [-0.05, 0) is 17.5 Å². The lowest BCUT2D eigenvalue weighted by atomic mass is 9.83. The summed E-state index contributed by atoms with van der Waals surface area (Å²) in [6, 6.07) is 5.68. The van der Waals surface area contributed by atoms with Gasteiger partial charge in [0.1, 0.15) is 0 Å². The van der Waals surface area contributed by atoms with Gasteiger partial charge in [0.15, 0.2) is 0 Å². The van der Waals surface area contributed by atoms with Gasteiger partial charge in [-0.2, -0.15) is 0 Å². The van der Waals surface area contributed by atoms with Crippen molar-refractivity contribution in [3.8, 4) is 0 Å². The minimum atomic E-state index is -0.0643. The van der Waals surface area contributed by atoms with Crippen molar-refractivity contribution in [1.29, 1.82) is 0 Å². The lowest BCUT2D eigenvalue weighted by Crippen LogP contribution is -2.26. The van der Waals surface area contributed by atoms with E-state index < -0.39 is 0 Å². The standard InChI is InChI=1S/C11H15BrClN/c1-11(2,3)10(14)9-7(12)5-4-6-8(9)13/h4-6,10H,14H2,1-3H3/t10-/m0/s1. The smallest absolute Gasteiger partial charge is 0.0465 e. The van der Waals surface area contributed by atoms with Crippen LogP contribution in [0, 0.1) is 5.41 Å². The molecular formula is C11H15BrClN. The second kappa shape index (κ2) is 4.21. The summed E-state index contributed by atoms with van der Waals surface area (Å²) in [5.41, 5.74) is 7.15. The molecule has 0 saturated heterocycles. The highest BCUT2D eigenvalue weighted by molar-refractivity contribution is 9.10. The third-order valence-corrected chi connectivity index (χ3v) is 3.26. The van der Waals surface area contributed by atoms with E-state index in [0.29, 0.717) is 0 Å². The lowest BCUT2D eigenvalue weighted by molar-refractivity contribution is 0.326. The summed E-state index contributed by atoms with van der Waals surface area (Å²) in [4.78, 5) is 0. The number of halogens is 2. The van der Waals surface area contributed by atoms with E-state index in [4.69, 9.17) is 17.3 Å². The molecule has 0 unspecified atom stereocenters. The van der Waals surface area contributed by atoms with E-state index in [1.165, 1.54) is 0 Å². The van der Waals surface area contributed by atoms with Crippen LogP contribution in [0.15, 0.2) is 22.7 Å². The quantitative estimate of drug-likeness (QED) is 0.819. The molecule has 0 aliphatic rings. The maximum atomic E-state index is 6.16. The Morgan fingerprint density at radius 3 is 2.36 bits per heavy atom. The molecule has 0 aliphatic heterocycles. The van der Waals surface area contributed by atoms with E-state index in [0.717, 1.165) is 15.1 Å². The molecule has 1 rings (SSSR count). The fourth-order valence-electron chi connectivity index (χ4n) is 1.24. The predicted molar refractivity (Wildman–Crippen MR) is 65.5 cm³/mol. The highest BCUT2D eigenvalue weighted by Crippen LogP contribution is 2.38. The van der Waals surface area contributed by atoms with Crippen LogP contribution in [-0.4, -0.2) is 0 Å². The second-order valence-corrected chi connectivity index (χ2v) is 5.74. The molecule has 0 aliphatic carbocycles. The topological polar surface area (TPSA) is 26.0 Å². The molecule has 0 fully saturated rings.